The predicted molar refractivity (Wildman–Crippen MR) is 57.3 cm³/mol. The first-order chi connectivity index (χ1) is 6.81. The number of pyridine rings is 1. The van der Waals surface area contributed by atoms with E-state index in [4.69, 9.17) is 5.73 Å². The van der Waals surface area contributed by atoms with Crippen LogP contribution in [0.1, 0.15) is 0 Å². The van der Waals surface area contributed by atoms with Crippen molar-refractivity contribution >= 4 is 33.0 Å². The number of nitrogens with zero attached hydrogens (tertiary/aromatic N) is 1. The summed E-state index contributed by atoms with van der Waals surface area (Å²) in [6.45, 7) is -0.00238. The van der Waals surface area contributed by atoms with Crippen LogP contribution in [-0.2, 0) is 4.79 Å². The molecule has 0 aromatic carbocycles. The summed E-state index contributed by atoms with van der Waals surface area (Å²) in [5, 5.41) is 5.57. The zero-order valence-electron chi connectivity index (χ0n) is 7.36. The van der Waals surface area contributed by atoms with Crippen molar-refractivity contribution in [3.63, 3.8) is 0 Å². The van der Waals surface area contributed by atoms with Gasteiger partial charge in [-0.15, -0.1) is 11.3 Å². The van der Waals surface area contributed by atoms with Crippen LogP contribution in [0.15, 0.2) is 23.8 Å². The van der Waals surface area contributed by atoms with E-state index in [0.717, 1.165) is 15.8 Å². The maximum Gasteiger partial charge on any atom is 0.238 e. The zero-order valence-corrected chi connectivity index (χ0v) is 8.17. The lowest BCUT2D eigenvalue weighted by Crippen LogP contribution is -2.21. The molecule has 0 aliphatic carbocycles. The van der Waals surface area contributed by atoms with Crippen molar-refractivity contribution < 1.29 is 4.79 Å². The number of nitrogens with two attached hydrogens (primary N) is 1. The Kier molecular flexibility index (Phi) is 2.43. The van der Waals surface area contributed by atoms with Crippen molar-refractivity contribution in [2.75, 3.05) is 11.9 Å². The van der Waals surface area contributed by atoms with Gasteiger partial charge in [0.15, 0.2) is 0 Å². The SMILES string of the molecule is NCC(=O)Nc1csc2ccncc12. The Bertz CT molecular complexity index is 466. The van der Waals surface area contributed by atoms with E-state index < -0.39 is 0 Å². The highest BCUT2D eigenvalue weighted by Crippen LogP contribution is 2.28. The van der Waals surface area contributed by atoms with Crippen molar-refractivity contribution in [2.24, 2.45) is 5.73 Å². The Hall–Kier alpha value is -1.46. The maximum absolute atomic E-state index is 11.1. The molecule has 1 amide bonds. The number of amides is 1. The van der Waals surface area contributed by atoms with Gasteiger partial charge in [0.1, 0.15) is 0 Å². The Balaban J connectivity index is 2.38. The average Bonchev–Trinajstić information content (AvgIpc) is 2.62. The fraction of sp³-hybridized carbons (Fsp3) is 0.111. The zero-order chi connectivity index (χ0) is 9.97. The maximum atomic E-state index is 11.1. The first kappa shape index (κ1) is 9.11. The van der Waals surface area contributed by atoms with Crippen LogP contribution in [-0.4, -0.2) is 17.4 Å². The summed E-state index contributed by atoms with van der Waals surface area (Å²) in [4.78, 5) is 15.1. The van der Waals surface area contributed by atoms with E-state index >= 15 is 0 Å². The van der Waals surface area contributed by atoms with Crippen LogP contribution >= 0.6 is 11.3 Å². The second kappa shape index (κ2) is 3.73. The summed E-state index contributed by atoms with van der Waals surface area (Å²) in [6, 6.07) is 1.91. The van der Waals surface area contributed by atoms with Gasteiger partial charge in [0.05, 0.1) is 12.2 Å². The molecule has 0 aliphatic rings. The molecule has 2 heterocycles. The third-order valence-electron chi connectivity index (χ3n) is 1.83. The van der Waals surface area contributed by atoms with E-state index in [1.165, 1.54) is 0 Å². The molecule has 0 radical (unpaired) electrons. The number of fused-ring (bicyclic) bond motifs is 1. The Morgan fingerprint density at radius 1 is 1.64 bits per heavy atom. The van der Waals surface area contributed by atoms with Gasteiger partial charge in [-0.25, -0.2) is 0 Å². The van der Waals surface area contributed by atoms with Crippen molar-refractivity contribution in [3.8, 4) is 0 Å². The van der Waals surface area contributed by atoms with Gasteiger partial charge in [-0.1, -0.05) is 0 Å². The van der Waals surface area contributed by atoms with Gasteiger partial charge in [-0.05, 0) is 6.07 Å². The highest BCUT2D eigenvalue weighted by atomic mass is 32.1. The molecular weight excluding hydrogens is 198 g/mol. The third-order valence-corrected chi connectivity index (χ3v) is 2.80. The minimum Gasteiger partial charge on any atom is -0.324 e. The number of hydrogen-bond acceptors (Lipinski definition) is 4. The Morgan fingerprint density at radius 2 is 2.50 bits per heavy atom. The van der Waals surface area contributed by atoms with Gasteiger partial charge in [0, 0.05) is 27.9 Å². The minimum atomic E-state index is -0.187. The van der Waals surface area contributed by atoms with Crippen LogP contribution in [0, 0.1) is 0 Å². The number of hydrogen-bond donors (Lipinski definition) is 2. The van der Waals surface area contributed by atoms with Crippen molar-refractivity contribution in [3.05, 3.63) is 23.8 Å². The van der Waals surface area contributed by atoms with Crippen LogP contribution in [0.5, 0.6) is 0 Å². The molecular formula is C9H9N3OS. The van der Waals surface area contributed by atoms with Crippen LogP contribution in [0.3, 0.4) is 0 Å². The van der Waals surface area contributed by atoms with Gasteiger partial charge >= 0.3 is 0 Å². The quantitative estimate of drug-likeness (QED) is 0.777. The molecule has 0 bridgehead atoms. The molecule has 0 atom stereocenters. The molecule has 5 heteroatoms. The van der Waals surface area contributed by atoms with Crippen molar-refractivity contribution in [2.45, 2.75) is 0 Å². The second-order valence-electron chi connectivity index (χ2n) is 2.77. The molecule has 2 rings (SSSR count). The van der Waals surface area contributed by atoms with Gasteiger partial charge in [0.25, 0.3) is 0 Å². The Labute approximate surface area is 84.8 Å². The van der Waals surface area contributed by atoms with E-state index in [-0.39, 0.29) is 12.5 Å². The lowest BCUT2D eigenvalue weighted by Gasteiger charge is -2.00. The summed E-state index contributed by atoms with van der Waals surface area (Å²) >= 11 is 1.57. The van der Waals surface area contributed by atoms with E-state index in [9.17, 15) is 4.79 Å². The number of aromatic nitrogens is 1. The van der Waals surface area contributed by atoms with Gasteiger partial charge in [-0.2, -0.15) is 0 Å². The molecule has 0 aliphatic heterocycles. The molecule has 14 heavy (non-hydrogen) atoms. The summed E-state index contributed by atoms with van der Waals surface area (Å²) in [5.41, 5.74) is 5.99. The van der Waals surface area contributed by atoms with Crippen LogP contribution < -0.4 is 11.1 Å². The highest BCUT2D eigenvalue weighted by Gasteiger charge is 2.05. The number of carbonyl (C=O) groups excluding carboxylic acids is 1. The smallest absolute Gasteiger partial charge is 0.238 e. The first-order valence-electron chi connectivity index (χ1n) is 4.12. The fourth-order valence-corrected chi connectivity index (χ4v) is 2.03. The molecule has 4 nitrogen and oxygen atoms in total. The lowest BCUT2D eigenvalue weighted by atomic mass is 10.3. The number of carbonyl (C=O) groups is 1. The van der Waals surface area contributed by atoms with Crippen LogP contribution in [0.25, 0.3) is 10.1 Å². The molecule has 3 N–H and O–H groups in total. The van der Waals surface area contributed by atoms with E-state index in [1.807, 2.05) is 11.4 Å². The third kappa shape index (κ3) is 1.59. The van der Waals surface area contributed by atoms with Crippen molar-refractivity contribution in [1.29, 1.82) is 0 Å². The van der Waals surface area contributed by atoms with E-state index in [0.29, 0.717) is 0 Å². The van der Waals surface area contributed by atoms with Gasteiger partial charge < -0.3 is 11.1 Å². The number of thiophene rings is 1. The molecule has 0 fully saturated rings. The molecule has 2 aromatic heterocycles. The first-order valence-corrected chi connectivity index (χ1v) is 5.00. The number of anilines is 1. The minimum absolute atomic E-state index is 0.00238. The van der Waals surface area contributed by atoms with Crippen LogP contribution in [0.2, 0.25) is 0 Å². The second-order valence-corrected chi connectivity index (χ2v) is 3.68. The summed E-state index contributed by atoms with van der Waals surface area (Å²) in [7, 11) is 0. The number of rotatable bonds is 2. The molecule has 0 spiro atoms. The molecule has 0 unspecified atom stereocenters. The van der Waals surface area contributed by atoms with Crippen molar-refractivity contribution in [1.82, 2.24) is 4.98 Å². The molecule has 0 saturated heterocycles. The lowest BCUT2D eigenvalue weighted by molar-refractivity contribution is -0.114. The van der Waals surface area contributed by atoms with Gasteiger partial charge in [-0.3, -0.25) is 9.78 Å². The van der Waals surface area contributed by atoms with E-state index in [1.54, 1.807) is 23.7 Å². The summed E-state index contributed by atoms with van der Waals surface area (Å²) < 4.78 is 1.10. The normalized spacial score (nSPS) is 10.4. The largest absolute Gasteiger partial charge is 0.324 e. The molecule has 72 valence electrons. The topological polar surface area (TPSA) is 68.0 Å². The standard InChI is InChI=1S/C9H9N3OS/c10-3-9(13)12-7-5-14-8-1-2-11-4-6(7)8/h1-2,4-5H,3,10H2,(H,12,13). The fourth-order valence-electron chi connectivity index (χ4n) is 1.17. The molecule has 0 saturated carbocycles. The Morgan fingerprint density at radius 3 is 3.29 bits per heavy atom. The highest BCUT2D eigenvalue weighted by molar-refractivity contribution is 7.17. The summed E-state index contributed by atoms with van der Waals surface area (Å²) in [6.07, 6.45) is 3.46. The summed E-state index contributed by atoms with van der Waals surface area (Å²) in [5.74, 6) is -0.187. The predicted octanol–water partition coefficient (Wildman–Crippen LogP) is 1.19. The monoisotopic (exact) mass is 207 g/mol. The average molecular weight is 207 g/mol. The van der Waals surface area contributed by atoms with Crippen LogP contribution in [0.4, 0.5) is 5.69 Å². The molecule has 2 aromatic rings. The number of nitrogens with one attached hydrogen (secondary N) is 1. The van der Waals surface area contributed by atoms with E-state index in [2.05, 4.69) is 10.3 Å². The van der Waals surface area contributed by atoms with Gasteiger partial charge in [0.2, 0.25) is 5.91 Å².